The predicted octanol–water partition coefficient (Wildman–Crippen LogP) is -0.849. The van der Waals surface area contributed by atoms with Crippen LogP contribution in [0.25, 0.3) is 0 Å². The zero-order valence-electron chi connectivity index (χ0n) is 7.33. The molecule has 0 radical (unpaired) electrons. The minimum atomic E-state index is -0.497. The highest BCUT2D eigenvalue weighted by Gasteiger charge is 2.28. The maximum atomic E-state index is 11.3. The SMILES string of the molecule is C[C@H](C#N)NC(=O)C1CNC(=O)C1. The molecule has 13 heavy (non-hydrogen) atoms. The second-order valence-corrected chi connectivity index (χ2v) is 3.06. The van der Waals surface area contributed by atoms with Crippen molar-refractivity contribution in [3.05, 3.63) is 0 Å². The first-order chi connectivity index (χ1) is 6.13. The Morgan fingerprint density at radius 1 is 1.85 bits per heavy atom. The van der Waals surface area contributed by atoms with Crippen molar-refractivity contribution in [3.8, 4) is 6.07 Å². The van der Waals surface area contributed by atoms with Crippen molar-refractivity contribution in [2.24, 2.45) is 5.92 Å². The summed E-state index contributed by atoms with van der Waals surface area (Å²) in [5.41, 5.74) is 0. The van der Waals surface area contributed by atoms with E-state index >= 15 is 0 Å². The average Bonchev–Trinajstić information content (AvgIpc) is 2.51. The van der Waals surface area contributed by atoms with Crippen LogP contribution in [0.3, 0.4) is 0 Å². The molecule has 5 nitrogen and oxygen atoms in total. The zero-order valence-corrected chi connectivity index (χ0v) is 7.33. The van der Waals surface area contributed by atoms with Crippen LogP contribution in [-0.4, -0.2) is 24.4 Å². The molecule has 1 heterocycles. The second-order valence-electron chi connectivity index (χ2n) is 3.06. The number of carbonyl (C=O) groups is 2. The highest BCUT2D eigenvalue weighted by Crippen LogP contribution is 2.08. The topological polar surface area (TPSA) is 82.0 Å². The van der Waals surface area contributed by atoms with Gasteiger partial charge in [0.05, 0.1) is 12.0 Å². The molecule has 0 aromatic carbocycles. The maximum Gasteiger partial charge on any atom is 0.226 e. The molecule has 1 aliphatic heterocycles. The van der Waals surface area contributed by atoms with Crippen molar-refractivity contribution in [1.29, 1.82) is 5.26 Å². The summed E-state index contributed by atoms with van der Waals surface area (Å²) in [6, 6.07) is 1.40. The first-order valence-electron chi connectivity index (χ1n) is 4.10. The number of nitrogens with one attached hydrogen (secondary N) is 2. The Kier molecular flexibility index (Phi) is 2.85. The van der Waals surface area contributed by atoms with E-state index in [0.29, 0.717) is 6.54 Å². The summed E-state index contributed by atoms with van der Waals surface area (Å²) in [7, 11) is 0. The third-order valence-electron chi connectivity index (χ3n) is 1.90. The van der Waals surface area contributed by atoms with Crippen molar-refractivity contribution in [1.82, 2.24) is 10.6 Å². The van der Waals surface area contributed by atoms with E-state index < -0.39 is 6.04 Å². The fraction of sp³-hybridized carbons (Fsp3) is 0.625. The molecule has 2 amide bonds. The van der Waals surface area contributed by atoms with Crippen molar-refractivity contribution >= 4 is 11.8 Å². The van der Waals surface area contributed by atoms with E-state index in [4.69, 9.17) is 5.26 Å². The summed E-state index contributed by atoms with van der Waals surface area (Å²) < 4.78 is 0. The quantitative estimate of drug-likeness (QED) is 0.582. The molecule has 1 saturated heterocycles. The number of rotatable bonds is 2. The average molecular weight is 181 g/mol. The monoisotopic (exact) mass is 181 g/mol. The lowest BCUT2D eigenvalue weighted by Crippen LogP contribution is -2.37. The molecule has 0 aromatic rings. The Hall–Kier alpha value is -1.57. The van der Waals surface area contributed by atoms with Crippen LogP contribution >= 0.6 is 0 Å². The van der Waals surface area contributed by atoms with Crippen LogP contribution in [0.5, 0.6) is 0 Å². The minimum Gasteiger partial charge on any atom is -0.355 e. The van der Waals surface area contributed by atoms with E-state index in [9.17, 15) is 9.59 Å². The van der Waals surface area contributed by atoms with Crippen LogP contribution in [0.1, 0.15) is 13.3 Å². The molecule has 5 heteroatoms. The molecular weight excluding hydrogens is 170 g/mol. The second kappa shape index (κ2) is 3.90. The number of nitrogens with zero attached hydrogens (tertiary/aromatic N) is 1. The molecule has 1 unspecified atom stereocenters. The van der Waals surface area contributed by atoms with Crippen molar-refractivity contribution in [2.45, 2.75) is 19.4 Å². The molecule has 0 aliphatic carbocycles. The summed E-state index contributed by atoms with van der Waals surface area (Å²) >= 11 is 0. The van der Waals surface area contributed by atoms with Gasteiger partial charge < -0.3 is 10.6 Å². The summed E-state index contributed by atoms with van der Waals surface area (Å²) in [6.07, 6.45) is 0.226. The lowest BCUT2D eigenvalue weighted by molar-refractivity contribution is -0.126. The first kappa shape index (κ1) is 9.52. The van der Waals surface area contributed by atoms with Gasteiger partial charge in [-0.2, -0.15) is 5.26 Å². The Morgan fingerprint density at radius 3 is 3.00 bits per heavy atom. The van der Waals surface area contributed by atoms with E-state index in [1.54, 1.807) is 6.92 Å². The van der Waals surface area contributed by atoms with Gasteiger partial charge in [0.1, 0.15) is 6.04 Å². The standard InChI is InChI=1S/C8H11N3O2/c1-5(3-9)11-8(13)6-2-7(12)10-4-6/h5-6H,2,4H2,1H3,(H,10,12)(H,11,13)/t5-,6?/m1/s1. The lowest BCUT2D eigenvalue weighted by atomic mass is 10.1. The first-order valence-corrected chi connectivity index (χ1v) is 4.10. The van der Waals surface area contributed by atoms with Gasteiger partial charge >= 0.3 is 0 Å². The molecule has 0 saturated carbocycles. The van der Waals surface area contributed by atoms with Crippen LogP contribution in [0, 0.1) is 17.2 Å². The summed E-state index contributed by atoms with van der Waals surface area (Å²) in [6.45, 7) is 1.98. The van der Waals surface area contributed by atoms with Gasteiger partial charge in [0.15, 0.2) is 0 Å². The number of nitriles is 1. The van der Waals surface area contributed by atoms with Crippen LogP contribution in [-0.2, 0) is 9.59 Å². The van der Waals surface area contributed by atoms with E-state index in [2.05, 4.69) is 10.6 Å². The fourth-order valence-corrected chi connectivity index (χ4v) is 1.15. The van der Waals surface area contributed by atoms with Gasteiger partial charge in [-0.1, -0.05) is 0 Å². The van der Waals surface area contributed by atoms with E-state index in [0.717, 1.165) is 0 Å². The normalized spacial score (nSPS) is 23.1. The Morgan fingerprint density at radius 2 is 2.54 bits per heavy atom. The van der Waals surface area contributed by atoms with Crippen molar-refractivity contribution in [2.75, 3.05) is 6.54 Å². The predicted molar refractivity (Wildman–Crippen MR) is 44.3 cm³/mol. The number of amides is 2. The van der Waals surface area contributed by atoms with Crippen LogP contribution in [0.4, 0.5) is 0 Å². The Balaban J connectivity index is 2.41. The highest BCUT2D eigenvalue weighted by molar-refractivity contribution is 5.89. The molecule has 1 rings (SSSR count). The molecule has 0 aromatic heterocycles. The van der Waals surface area contributed by atoms with Gasteiger partial charge in [0.25, 0.3) is 0 Å². The van der Waals surface area contributed by atoms with Crippen molar-refractivity contribution in [3.63, 3.8) is 0 Å². The molecule has 0 bridgehead atoms. The van der Waals surface area contributed by atoms with Gasteiger partial charge in [0.2, 0.25) is 11.8 Å². The lowest BCUT2D eigenvalue weighted by Gasteiger charge is -2.09. The molecule has 2 N–H and O–H groups in total. The smallest absolute Gasteiger partial charge is 0.226 e. The fourth-order valence-electron chi connectivity index (χ4n) is 1.15. The number of carbonyl (C=O) groups excluding carboxylic acids is 2. The van der Waals surface area contributed by atoms with Crippen LogP contribution in [0.15, 0.2) is 0 Å². The third-order valence-corrected chi connectivity index (χ3v) is 1.90. The third kappa shape index (κ3) is 2.44. The molecule has 0 spiro atoms. The molecule has 70 valence electrons. The maximum absolute atomic E-state index is 11.3. The molecule has 2 atom stereocenters. The summed E-state index contributed by atoms with van der Waals surface area (Å²) in [5.74, 6) is -0.652. The molecular formula is C8H11N3O2. The van der Waals surface area contributed by atoms with Crippen molar-refractivity contribution < 1.29 is 9.59 Å². The largest absolute Gasteiger partial charge is 0.355 e. The highest BCUT2D eigenvalue weighted by atomic mass is 16.2. The molecule has 1 aliphatic rings. The molecule has 1 fully saturated rings. The van der Waals surface area contributed by atoms with Gasteiger partial charge in [-0.05, 0) is 6.92 Å². The van der Waals surface area contributed by atoms with Gasteiger partial charge in [-0.25, -0.2) is 0 Å². The number of hydrogen-bond donors (Lipinski definition) is 2. The van der Waals surface area contributed by atoms with Crippen LogP contribution < -0.4 is 10.6 Å². The van der Waals surface area contributed by atoms with E-state index in [-0.39, 0.29) is 24.2 Å². The Bertz CT molecular complexity index is 269. The number of hydrogen-bond acceptors (Lipinski definition) is 3. The van der Waals surface area contributed by atoms with Gasteiger partial charge in [-0.3, -0.25) is 9.59 Å². The minimum absolute atomic E-state index is 0.107. The van der Waals surface area contributed by atoms with E-state index in [1.165, 1.54) is 0 Å². The van der Waals surface area contributed by atoms with Gasteiger partial charge in [0, 0.05) is 13.0 Å². The van der Waals surface area contributed by atoms with E-state index in [1.807, 2.05) is 6.07 Å². The zero-order chi connectivity index (χ0) is 9.84. The van der Waals surface area contributed by atoms with Crippen LogP contribution in [0.2, 0.25) is 0 Å². The summed E-state index contributed by atoms with van der Waals surface area (Å²) in [4.78, 5) is 22.1. The Labute approximate surface area is 76.1 Å². The summed E-state index contributed by atoms with van der Waals surface area (Å²) in [5, 5.41) is 13.5. The van der Waals surface area contributed by atoms with Gasteiger partial charge in [-0.15, -0.1) is 0 Å².